The van der Waals surface area contributed by atoms with Crippen LogP contribution in [0.4, 0.5) is 5.69 Å². The van der Waals surface area contributed by atoms with Crippen molar-refractivity contribution in [3.05, 3.63) is 29.3 Å². The summed E-state index contributed by atoms with van der Waals surface area (Å²) in [6.45, 7) is 0. The highest BCUT2D eigenvalue weighted by atomic mass is 32.2. The number of hydrogen-bond acceptors (Lipinski definition) is 5. The van der Waals surface area contributed by atoms with Crippen LogP contribution < -0.4 is 4.31 Å². The van der Waals surface area contributed by atoms with E-state index in [2.05, 4.69) is 4.74 Å². The van der Waals surface area contributed by atoms with Crippen molar-refractivity contribution in [2.24, 2.45) is 0 Å². The van der Waals surface area contributed by atoms with Gasteiger partial charge >= 0.3 is 22.1 Å². The van der Waals surface area contributed by atoms with Gasteiger partial charge in [0.2, 0.25) is 0 Å². The van der Waals surface area contributed by atoms with Crippen molar-refractivity contribution in [3.8, 4) is 0 Å². The zero-order chi connectivity index (χ0) is 16.4. The number of carbonyl (C=O) groups excluding carboxylic acids is 1. The Labute approximate surface area is 122 Å². The van der Waals surface area contributed by atoms with Crippen LogP contribution in [0.1, 0.15) is 20.7 Å². The predicted octanol–water partition coefficient (Wildman–Crippen LogP) is 0.414. The van der Waals surface area contributed by atoms with Gasteiger partial charge in [-0.05, 0) is 18.2 Å². The lowest BCUT2D eigenvalue weighted by molar-refractivity contribution is 0.0600. The van der Waals surface area contributed by atoms with E-state index in [4.69, 9.17) is 5.11 Å². The highest BCUT2D eigenvalue weighted by Gasteiger charge is 2.23. The van der Waals surface area contributed by atoms with Crippen LogP contribution in [-0.4, -0.2) is 58.0 Å². The molecule has 8 nitrogen and oxygen atoms in total. The zero-order valence-corrected chi connectivity index (χ0v) is 12.8. The number of carbonyl (C=O) groups is 2. The lowest BCUT2D eigenvalue weighted by atomic mass is 10.1. The van der Waals surface area contributed by atoms with Crippen LogP contribution in [0.3, 0.4) is 0 Å². The normalized spacial score (nSPS) is 11.3. The van der Waals surface area contributed by atoms with Crippen LogP contribution >= 0.6 is 0 Å². The van der Waals surface area contributed by atoms with E-state index < -0.39 is 22.1 Å². The first-order chi connectivity index (χ1) is 9.61. The number of ether oxygens (including phenoxy) is 1. The maximum absolute atomic E-state index is 12.1. The first-order valence-electron chi connectivity index (χ1n) is 5.74. The summed E-state index contributed by atoms with van der Waals surface area (Å²) in [5, 5.41) is 9.05. The summed E-state index contributed by atoms with van der Waals surface area (Å²) in [6, 6.07) is 3.53. The fraction of sp³-hybridized carbons (Fsp3) is 0.333. The molecule has 0 unspecified atom stereocenters. The number of methoxy groups -OCH3 is 1. The van der Waals surface area contributed by atoms with Crippen LogP contribution in [-0.2, 0) is 14.9 Å². The Morgan fingerprint density at radius 1 is 1.10 bits per heavy atom. The molecule has 116 valence electrons. The molecule has 0 aliphatic carbocycles. The van der Waals surface area contributed by atoms with Gasteiger partial charge in [0.15, 0.2) is 0 Å². The molecule has 0 heterocycles. The molecule has 0 spiro atoms. The van der Waals surface area contributed by atoms with Gasteiger partial charge < -0.3 is 9.84 Å². The second-order valence-electron chi connectivity index (χ2n) is 4.32. The molecule has 1 N–H and O–H groups in total. The van der Waals surface area contributed by atoms with E-state index in [9.17, 15) is 18.0 Å². The number of hydrogen-bond donors (Lipinski definition) is 1. The van der Waals surface area contributed by atoms with Crippen LogP contribution in [0.25, 0.3) is 0 Å². The van der Waals surface area contributed by atoms with Crippen molar-refractivity contribution in [1.29, 1.82) is 0 Å². The molecule has 0 fully saturated rings. The Morgan fingerprint density at radius 3 is 2.05 bits per heavy atom. The van der Waals surface area contributed by atoms with E-state index >= 15 is 0 Å². The van der Waals surface area contributed by atoms with Crippen LogP contribution in [0.2, 0.25) is 0 Å². The van der Waals surface area contributed by atoms with Crippen molar-refractivity contribution in [3.63, 3.8) is 0 Å². The van der Waals surface area contributed by atoms with Crippen molar-refractivity contribution in [2.75, 3.05) is 32.6 Å². The maximum Gasteiger partial charge on any atom is 0.337 e. The number of aromatic carboxylic acids is 1. The summed E-state index contributed by atoms with van der Waals surface area (Å²) in [5.41, 5.74) is -0.217. The summed E-state index contributed by atoms with van der Waals surface area (Å²) in [7, 11) is 1.29. The molecule has 0 saturated carbocycles. The van der Waals surface area contributed by atoms with Crippen molar-refractivity contribution in [1.82, 2.24) is 4.31 Å². The number of esters is 1. The lowest BCUT2D eigenvalue weighted by Gasteiger charge is -2.23. The van der Waals surface area contributed by atoms with E-state index in [1.807, 2.05) is 0 Å². The number of nitrogens with zero attached hydrogens (tertiary/aromatic N) is 2. The summed E-state index contributed by atoms with van der Waals surface area (Å²) in [4.78, 5) is 22.6. The number of carboxylic acid groups (broad SMARTS) is 1. The standard InChI is InChI=1S/C12H16N2O6S/c1-13(2)21(18,19)14(3)10-6-8(11(15)16)5-9(7-10)12(17)20-4/h5-7H,1-4H3,(H,15,16). The van der Waals surface area contributed by atoms with Crippen LogP contribution in [0, 0.1) is 0 Å². The second kappa shape index (κ2) is 6.10. The van der Waals surface area contributed by atoms with E-state index in [1.54, 1.807) is 0 Å². The molecule has 1 aromatic rings. The minimum atomic E-state index is -3.80. The zero-order valence-electron chi connectivity index (χ0n) is 12.0. The Morgan fingerprint density at radius 2 is 1.62 bits per heavy atom. The predicted molar refractivity (Wildman–Crippen MR) is 75.8 cm³/mol. The first-order valence-corrected chi connectivity index (χ1v) is 7.14. The Balaban J connectivity index is 3.46. The molecule has 21 heavy (non-hydrogen) atoms. The highest BCUT2D eigenvalue weighted by molar-refractivity contribution is 7.90. The van der Waals surface area contributed by atoms with E-state index in [0.29, 0.717) is 0 Å². The van der Waals surface area contributed by atoms with E-state index in [-0.39, 0.29) is 16.8 Å². The van der Waals surface area contributed by atoms with Crippen molar-refractivity contribution < 1.29 is 27.9 Å². The summed E-state index contributed by atoms with van der Waals surface area (Å²) in [6.07, 6.45) is 0. The van der Waals surface area contributed by atoms with Gasteiger partial charge in [-0.2, -0.15) is 12.7 Å². The summed E-state index contributed by atoms with van der Waals surface area (Å²) >= 11 is 0. The SMILES string of the molecule is COC(=O)c1cc(C(=O)O)cc(N(C)S(=O)(=O)N(C)C)c1. The molecule has 0 amide bonds. The summed E-state index contributed by atoms with van der Waals surface area (Å²) in [5.74, 6) is -2.03. The van der Waals surface area contributed by atoms with Gasteiger partial charge in [0.1, 0.15) is 0 Å². The highest BCUT2D eigenvalue weighted by Crippen LogP contribution is 2.22. The van der Waals surface area contributed by atoms with Crippen molar-refractivity contribution >= 4 is 27.8 Å². The fourth-order valence-corrected chi connectivity index (χ4v) is 2.39. The van der Waals surface area contributed by atoms with Crippen LogP contribution in [0.15, 0.2) is 18.2 Å². The molecule has 1 aromatic carbocycles. The minimum absolute atomic E-state index is 0.0454. The maximum atomic E-state index is 12.1. The molecule has 9 heteroatoms. The Hall–Kier alpha value is -2.13. The van der Waals surface area contributed by atoms with Gasteiger partial charge in [-0.25, -0.2) is 9.59 Å². The first kappa shape index (κ1) is 16.9. The van der Waals surface area contributed by atoms with Gasteiger partial charge in [-0.15, -0.1) is 0 Å². The lowest BCUT2D eigenvalue weighted by Crippen LogP contribution is -2.37. The topological polar surface area (TPSA) is 104 Å². The van der Waals surface area contributed by atoms with Crippen LogP contribution in [0.5, 0.6) is 0 Å². The molecule has 0 saturated heterocycles. The second-order valence-corrected chi connectivity index (χ2v) is 6.50. The molecular formula is C12H16N2O6S. The minimum Gasteiger partial charge on any atom is -0.478 e. The number of carboxylic acids is 1. The van der Waals surface area contributed by atoms with Crippen molar-refractivity contribution in [2.45, 2.75) is 0 Å². The van der Waals surface area contributed by atoms with Gasteiger partial charge in [0.25, 0.3) is 0 Å². The molecule has 0 radical (unpaired) electrons. The fourth-order valence-electron chi connectivity index (χ4n) is 1.53. The monoisotopic (exact) mass is 316 g/mol. The van der Waals surface area contributed by atoms with Gasteiger partial charge in [0.05, 0.1) is 23.9 Å². The average molecular weight is 316 g/mol. The third kappa shape index (κ3) is 3.50. The van der Waals surface area contributed by atoms with Gasteiger partial charge in [-0.1, -0.05) is 0 Å². The smallest absolute Gasteiger partial charge is 0.337 e. The van der Waals surface area contributed by atoms with E-state index in [0.717, 1.165) is 27.9 Å². The summed E-state index contributed by atoms with van der Waals surface area (Å²) < 4.78 is 30.5. The molecule has 0 aliphatic rings. The van der Waals surface area contributed by atoms with E-state index in [1.165, 1.54) is 27.2 Å². The Bertz CT molecular complexity index is 668. The number of anilines is 1. The molecule has 1 rings (SSSR count). The molecule has 0 bridgehead atoms. The largest absolute Gasteiger partial charge is 0.478 e. The molecule has 0 aliphatic heterocycles. The van der Waals surface area contributed by atoms with Gasteiger partial charge in [0, 0.05) is 21.1 Å². The third-order valence-corrected chi connectivity index (χ3v) is 4.58. The van der Waals surface area contributed by atoms with Gasteiger partial charge in [-0.3, -0.25) is 4.31 Å². The molecule has 0 atom stereocenters. The third-order valence-electron chi connectivity index (χ3n) is 2.76. The molecule has 0 aromatic heterocycles. The number of benzene rings is 1. The Kier molecular flexibility index (Phi) is 4.92. The quantitative estimate of drug-likeness (QED) is 0.789. The molecular weight excluding hydrogens is 300 g/mol. The average Bonchev–Trinajstić information content (AvgIpc) is 2.44. The number of rotatable bonds is 5.